The van der Waals surface area contributed by atoms with Crippen molar-refractivity contribution in [2.24, 2.45) is 0 Å². The number of rotatable bonds is 3. The minimum Gasteiger partial charge on any atom is -0.506 e. The quantitative estimate of drug-likeness (QED) is 0.854. The molecule has 2 aromatic rings. The van der Waals surface area contributed by atoms with Crippen LogP contribution in [0, 0.1) is 6.92 Å². The first kappa shape index (κ1) is 13.2. The zero-order chi connectivity index (χ0) is 13.1. The van der Waals surface area contributed by atoms with Crippen molar-refractivity contribution < 1.29 is 5.11 Å². The standard InChI is InChI=1S/C14H13BrClNO/c1-9-2-4-11(15)7-13(9)17-8-10-3-5-14(18)12(16)6-10/h2-7,17-18H,8H2,1H3. The van der Waals surface area contributed by atoms with Gasteiger partial charge in [0.25, 0.3) is 0 Å². The molecule has 0 aromatic heterocycles. The minimum absolute atomic E-state index is 0.110. The van der Waals surface area contributed by atoms with Crippen molar-refractivity contribution in [3.63, 3.8) is 0 Å². The fraction of sp³-hybridized carbons (Fsp3) is 0.143. The molecule has 0 radical (unpaired) electrons. The van der Waals surface area contributed by atoms with Crippen molar-refractivity contribution >= 4 is 33.2 Å². The van der Waals surface area contributed by atoms with Gasteiger partial charge in [0.15, 0.2) is 0 Å². The van der Waals surface area contributed by atoms with E-state index in [1.807, 2.05) is 18.2 Å². The number of phenols is 1. The van der Waals surface area contributed by atoms with E-state index in [1.165, 1.54) is 5.56 Å². The van der Waals surface area contributed by atoms with Crippen molar-refractivity contribution in [2.75, 3.05) is 5.32 Å². The second-order valence-corrected chi connectivity index (χ2v) is 5.42. The van der Waals surface area contributed by atoms with Gasteiger partial charge in [-0.05, 0) is 42.3 Å². The summed E-state index contributed by atoms with van der Waals surface area (Å²) < 4.78 is 1.04. The molecule has 2 N–H and O–H groups in total. The van der Waals surface area contributed by atoms with E-state index in [-0.39, 0.29) is 5.75 Å². The SMILES string of the molecule is Cc1ccc(Br)cc1NCc1ccc(O)c(Cl)c1. The third kappa shape index (κ3) is 3.18. The molecule has 0 aliphatic carbocycles. The van der Waals surface area contributed by atoms with Gasteiger partial charge in [-0.3, -0.25) is 0 Å². The van der Waals surface area contributed by atoms with Crippen LogP contribution in [-0.2, 0) is 6.54 Å². The summed E-state index contributed by atoms with van der Waals surface area (Å²) >= 11 is 9.32. The number of halogens is 2. The molecule has 0 saturated heterocycles. The summed E-state index contributed by atoms with van der Waals surface area (Å²) in [5.74, 6) is 0.110. The maximum atomic E-state index is 9.35. The van der Waals surface area contributed by atoms with Crippen LogP contribution in [0.15, 0.2) is 40.9 Å². The normalized spacial score (nSPS) is 10.4. The van der Waals surface area contributed by atoms with Crippen LogP contribution in [0.4, 0.5) is 5.69 Å². The molecule has 0 heterocycles. The average molecular weight is 327 g/mol. The number of hydrogen-bond acceptors (Lipinski definition) is 2. The molecule has 0 unspecified atom stereocenters. The topological polar surface area (TPSA) is 32.3 Å². The average Bonchev–Trinajstić information content (AvgIpc) is 2.34. The molecule has 18 heavy (non-hydrogen) atoms. The molecule has 0 bridgehead atoms. The van der Waals surface area contributed by atoms with Crippen molar-refractivity contribution in [1.82, 2.24) is 0 Å². The number of aromatic hydroxyl groups is 1. The number of anilines is 1. The van der Waals surface area contributed by atoms with E-state index in [4.69, 9.17) is 11.6 Å². The highest BCUT2D eigenvalue weighted by Gasteiger charge is 2.02. The third-order valence-corrected chi connectivity index (χ3v) is 3.49. The smallest absolute Gasteiger partial charge is 0.134 e. The van der Waals surface area contributed by atoms with Gasteiger partial charge in [0.2, 0.25) is 0 Å². The lowest BCUT2D eigenvalue weighted by atomic mass is 10.1. The Labute approximate surface area is 120 Å². The van der Waals surface area contributed by atoms with Crippen LogP contribution in [0.2, 0.25) is 5.02 Å². The van der Waals surface area contributed by atoms with E-state index in [0.717, 1.165) is 15.7 Å². The zero-order valence-electron chi connectivity index (χ0n) is 9.87. The van der Waals surface area contributed by atoms with Crippen LogP contribution in [-0.4, -0.2) is 5.11 Å². The van der Waals surface area contributed by atoms with E-state index in [0.29, 0.717) is 11.6 Å². The van der Waals surface area contributed by atoms with E-state index in [9.17, 15) is 5.11 Å². The lowest BCUT2D eigenvalue weighted by Gasteiger charge is -2.10. The lowest BCUT2D eigenvalue weighted by molar-refractivity contribution is 0.475. The van der Waals surface area contributed by atoms with Gasteiger partial charge in [0.05, 0.1) is 5.02 Å². The van der Waals surface area contributed by atoms with Gasteiger partial charge < -0.3 is 10.4 Å². The van der Waals surface area contributed by atoms with E-state index in [2.05, 4.69) is 34.2 Å². The Morgan fingerprint density at radius 3 is 2.72 bits per heavy atom. The van der Waals surface area contributed by atoms with Crippen molar-refractivity contribution in [1.29, 1.82) is 0 Å². The molecule has 0 amide bonds. The molecular weight excluding hydrogens is 314 g/mol. The van der Waals surface area contributed by atoms with Crippen LogP contribution >= 0.6 is 27.5 Å². The molecule has 94 valence electrons. The van der Waals surface area contributed by atoms with Gasteiger partial charge >= 0.3 is 0 Å². The summed E-state index contributed by atoms with van der Waals surface area (Å²) in [4.78, 5) is 0. The Kier molecular flexibility index (Phi) is 4.15. The Morgan fingerprint density at radius 1 is 1.22 bits per heavy atom. The number of nitrogens with one attached hydrogen (secondary N) is 1. The number of hydrogen-bond donors (Lipinski definition) is 2. The molecular formula is C14H13BrClNO. The van der Waals surface area contributed by atoms with Crippen molar-refractivity contribution in [3.05, 3.63) is 57.0 Å². The second kappa shape index (κ2) is 5.63. The fourth-order valence-electron chi connectivity index (χ4n) is 1.64. The minimum atomic E-state index is 0.110. The monoisotopic (exact) mass is 325 g/mol. The molecule has 0 aliphatic heterocycles. The first-order valence-electron chi connectivity index (χ1n) is 5.53. The first-order chi connectivity index (χ1) is 8.56. The zero-order valence-corrected chi connectivity index (χ0v) is 12.2. The van der Waals surface area contributed by atoms with Gasteiger partial charge in [-0.2, -0.15) is 0 Å². The molecule has 0 aliphatic rings. The molecule has 0 fully saturated rings. The highest BCUT2D eigenvalue weighted by atomic mass is 79.9. The van der Waals surface area contributed by atoms with E-state index >= 15 is 0 Å². The largest absolute Gasteiger partial charge is 0.506 e. The number of benzene rings is 2. The summed E-state index contributed by atoms with van der Waals surface area (Å²) in [5, 5.41) is 13.1. The van der Waals surface area contributed by atoms with E-state index in [1.54, 1.807) is 12.1 Å². The number of aryl methyl sites for hydroxylation is 1. The maximum Gasteiger partial charge on any atom is 0.134 e. The van der Waals surface area contributed by atoms with Crippen LogP contribution in [0.25, 0.3) is 0 Å². The van der Waals surface area contributed by atoms with Gasteiger partial charge in [-0.15, -0.1) is 0 Å². The third-order valence-electron chi connectivity index (χ3n) is 2.69. The van der Waals surface area contributed by atoms with Crippen LogP contribution in [0.3, 0.4) is 0 Å². The highest BCUT2D eigenvalue weighted by Crippen LogP contribution is 2.25. The predicted molar refractivity (Wildman–Crippen MR) is 79.3 cm³/mol. The first-order valence-corrected chi connectivity index (χ1v) is 6.71. The summed E-state index contributed by atoms with van der Waals surface area (Å²) in [6.45, 7) is 2.72. The van der Waals surface area contributed by atoms with Gasteiger partial charge in [-0.25, -0.2) is 0 Å². The summed E-state index contributed by atoms with van der Waals surface area (Å²) in [6, 6.07) is 11.3. The number of phenolic OH excluding ortho intramolecular Hbond substituents is 1. The Hall–Kier alpha value is -1.19. The summed E-state index contributed by atoms with van der Waals surface area (Å²) in [6.07, 6.45) is 0. The molecule has 2 aromatic carbocycles. The molecule has 2 rings (SSSR count). The lowest BCUT2D eigenvalue weighted by Crippen LogP contribution is -2.00. The molecule has 4 heteroatoms. The fourth-order valence-corrected chi connectivity index (χ4v) is 2.21. The molecule has 0 spiro atoms. The van der Waals surface area contributed by atoms with Crippen LogP contribution in [0.1, 0.15) is 11.1 Å². The molecule has 0 saturated carbocycles. The second-order valence-electron chi connectivity index (χ2n) is 4.10. The summed E-state index contributed by atoms with van der Waals surface area (Å²) in [7, 11) is 0. The molecule has 0 atom stereocenters. The summed E-state index contributed by atoms with van der Waals surface area (Å²) in [5.41, 5.74) is 3.29. The van der Waals surface area contributed by atoms with Crippen molar-refractivity contribution in [3.8, 4) is 5.75 Å². The Bertz CT molecular complexity index is 572. The Morgan fingerprint density at radius 2 is 2.00 bits per heavy atom. The van der Waals surface area contributed by atoms with Gasteiger partial charge in [0, 0.05) is 16.7 Å². The van der Waals surface area contributed by atoms with Gasteiger partial charge in [0.1, 0.15) is 5.75 Å². The van der Waals surface area contributed by atoms with Crippen molar-refractivity contribution in [2.45, 2.75) is 13.5 Å². The van der Waals surface area contributed by atoms with Crippen LogP contribution < -0.4 is 5.32 Å². The Balaban J connectivity index is 2.11. The predicted octanol–water partition coefficient (Wildman–Crippen LogP) is 4.73. The molecule has 2 nitrogen and oxygen atoms in total. The van der Waals surface area contributed by atoms with Crippen LogP contribution in [0.5, 0.6) is 5.75 Å². The van der Waals surface area contributed by atoms with E-state index < -0.39 is 0 Å². The van der Waals surface area contributed by atoms with Gasteiger partial charge in [-0.1, -0.05) is 39.7 Å². The maximum absolute atomic E-state index is 9.35. The highest BCUT2D eigenvalue weighted by molar-refractivity contribution is 9.10.